The number of nitrogens with two attached hydrogens (primary N) is 1. The number of hydrogen-bond acceptors (Lipinski definition) is 9. The van der Waals surface area contributed by atoms with Crippen LogP contribution in [0.5, 0.6) is 11.8 Å². The molecule has 33 heavy (non-hydrogen) atoms. The zero-order valence-corrected chi connectivity index (χ0v) is 18.9. The number of nitrogen functional groups attached to an aromatic ring is 1. The van der Waals surface area contributed by atoms with Crippen LogP contribution in [0.15, 0.2) is 18.6 Å². The number of rotatable bonds is 5. The van der Waals surface area contributed by atoms with Crippen molar-refractivity contribution in [2.75, 3.05) is 50.6 Å². The van der Waals surface area contributed by atoms with Crippen LogP contribution in [0.1, 0.15) is 30.5 Å². The van der Waals surface area contributed by atoms with Crippen molar-refractivity contribution in [3.63, 3.8) is 0 Å². The summed E-state index contributed by atoms with van der Waals surface area (Å²) < 4.78 is 16.9. The summed E-state index contributed by atoms with van der Waals surface area (Å²) in [5, 5.41) is 0. The third kappa shape index (κ3) is 4.52. The second kappa shape index (κ2) is 9.38. The van der Waals surface area contributed by atoms with Crippen molar-refractivity contribution in [2.45, 2.75) is 38.3 Å². The normalized spacial score (nSPS) is 21.1. The van der Waals surface area contributed by atoms with Crippen LogP contribution in [-0.4, -0.2) is 71.8 Å². The molecule has 5 heterocycles. The van der Waals surface area contributed by atoms with Gasteiger partial charge in [0.1, 0.15) is 12.4 Å². The highest BCUT2D eigenvalue weighted by Gasteiger charge is 2.33. The Kier molecular flexibility index (Phi) is 6.17. The molecule has 2 N–H and O–H groups in total. The van der Waals surface area contributed by atoms with Crippen molar-refractivity contribution in [1.29, 1.82) is 0 Å². The maximum absolute atomic E-state index is 12.9. The summed E-state index contributed by atoms with van der Waals surface area (Å²) in [4.78, 5) is 30.2. The molecule has 3 aliphatic rings. The Balaban J connectivity index is 1.27. The molecule has 0 radical (unpaired) electrons. The largest absolute Gasteiger partial charge is 0.480 e. The number of likely N-dealkylation sites (tertiary alicyclic amines) is 1. The van der Waals surface area contributed by atoms with Crippen molar-refractivity contribution in [3.8, 4) is 11.8 Å². The number of methoxy groups -OCH3 is 1. The molecule has 0 saturated carbocycles. The minimum atomic E-state index is -0.0681. The summed E-state index contributed by atoms with van der Waals surface area (Å²) in [5.74, 6) is 1.32. The molecule has 176 valence electrons. The van der Waals surface area contributed by atoms with Crippen LogP contribution in [0.3, 0.4) is 0 Å². The average Bonchev–Trinajstić information content (AvgIpc) is 3.32. The zero-order chi connectivity index (χ0) is 22.8. The van der Waals surface area contributed by atoms with E-state index in [9.17, 15) is 4.79 Å². The molecule has 0 aliphatic carbocycles. The minimum Gasteiger partial charge on any atom is -0.480 e. The topological polar surface area (TPSA) is 116 Å². The lowest BCUT2D eigenvalue weighted by Gasteiger charge is -2.31. The summed E-state index contributed by atoms with van der Waals surface area (Å²) in [7, 11) is 1.55. The first-order valence-electron chi connectivity index (χ1n) is 11.5. The van der Waals surface area contributed by atoms with Crippen LogP contribution in [0, 0.1) is 5.92 Å². The van der Waals surface area contributed by atoms with Crippen molar-refractivity contribution < 1.29 is 19.0 Å². The van der Waals surface area contributed by atoms with Gasteiger partial charge in [-0.2, -0.15) is 0 Å². The molecule has 10 nitrogen and oxygen atoms in total. The number of nitrogens with zero attached hydrogens (tertiary/aromatic N) is 5. The van der Waals surface area contributed by atoms with E-state index in [4.69, 9.17) is 19.9 Å². The molecule has 10 heteroatoms. The van der Waals surface area contributed by atoms with E-state index in [0.717, 1.165) is 55.7 Å². The number of aromatic nitrogens is 3. The Bertz CT molecular complexity index is 1010. The predicted molar refractivity (Wildman–Crippen MR) is 121 cm³/mol. The second-order valence-electron chi connectivity index (χ2n) is 8.77. The number of carbonyl (C=O) groups is 1. The second-order valence-corrected chi connectivity index (χ2v) is 8.77. The van der Waals surface area contributed by atoms with Gasteiger partial charge in [-0.3, -0.25) is 4.79 Å². The highest BCUT2D eigenvalue weighted by Crippen LogP contribution is 2.32. The molecule has 3 aliphatic heterocycles. The van der Waals surface area contributed by atoms with Gasteiger partial charge >= 0.3 is 0 Å². The van der Waals surface area contributed by atoms with Crippen LogP contribution in [-0.2, 0) is 22.5 Å². The number of fused-ring (bicyclic) bond motifs is 1. The molecule has 0 spiro atoms. The molecule has 5 rings (SSSR count). The Labute approximate surface area is 193 Å². The van der Waals surface area contributed by atoms with Gasteiger partial charge in [0.25, 0.3) is 0 Å². The van der Waals surface area contributed by atoms with E-state index in [1.54, 1.807) is 19.6 Å². The van der Waals surface area contributed by atoms with Crippen LogP contribution in [0.2, 0.25) is 0 Å². The minimum absolute atomic E-state index is 0.0681. The summed E-state index contributed by atoms with van der Waals surface area (Å²) in [6.45, 7) is 4.06. The van der Waals surface area contributed by atoms with E-state index in [-0.39, 0.29) is 17.9 Å². The summed E-state index contributed by atoms with van der Waals surface area (Å²) in [6.07, 6.45) is 6.45. The first kappa shape index (κ1) is 21.7. The van der Waals surface area contributed by atoms with Gasteiger partial charge in [-0.15, -0.1) is 0 Å². The molecule has 2 saturated heterocycles. The number of hydrogen-bond donors (Lipinski definition) is 1. The van der Waals surface area contributed by atoms with Gasteiger partial charge in [0, 0.05) is 45.1 Å². The SMILES string of the molecule is COc1ncc(N2CCc3ncnc(OC4CCN(C(=O)C5CCOCC5)C4)c3C2)cc1N. The van der Waals surface area contributed by atoms with Crippen LogP contribution < -0.4 is 20.1 Å². The standard InChI is InChI=1S/C23H30N6O4/c1-31-22-19(24)10-16(11-25-22)28-7-3-20-18(13-28)21(27-14-26-20)33-17-2-6-29(12-17)23(30)15-4-8-32-9-5-15/h10-11,14-15,17H,2-9,12-13,24H2,1H3. The average molecular weight is 455 g/mol. The summed E-state index contributed by atoms with van der Waals surface area (Å²) in [6, 6.07) is 1.87. The summed E-state index contributed by atoms with van der Waals surface area (Å²) >= 11 is 0. The van der Waals surface area contributed by atoms with Gasteiger partial charge in [-0.05, 0) is 18.9 Å². The van der Waals surface area contributed by atoms with Gasteiger partial charge in [0.2, 0.25) is 17.7 Å². The van der Waals surface area contributed by atoms with E-state index >= 15 is 0 Å². The van der Waals surface area contributed by atoms with Crippen LogP contribution >= 0.6 is 0 Å². The molecule has 1 amide bonds. The maximum Gasteiger partial charge on any atom is 0.236 e. The molecule has 0 aromatic carbocycles. The lowest BCUT2D eigenvalue weighted by Crippen LogP contribution is -2.38. The molecule has 1 atom stereocenters. The highest BCUT2D eigenvalue weighted by atomic mass is 16.5. The van der Waals surface area contributed by atoms with Crippen molar-refractivity contribution in [3.05, 3.63) is 29.8 Å². The van der Waals surface area contributed by atoms with Gasteiger partial charge in [-0.25, -0.2) is 15.0 Å². The quantitative estimate of drug-likeness (QED) is 0.716. The molecule has 2 aromatic rings. The lowest BCUT2D eigenvalue weighted by atomic mass is 9.99. The Morgan fingerprint density at radius 1 is 1.15 bits per heavy atom. The third-order valence-electron chi connectivity index (χ3n) is 6.69. The number of carbonyl (C=O) groups excluding carboxylic acids is 1. The highest BCUT2D eigenvalue weighted by molar-refractivity contribution is 5.79. The Morgan fingerprint density at radius 3 is 2.79 bits per heavy atom. The number of ether oxygens (including phenoxy) is 3. The first-order chi connectivity index (χ1) is 16.1. The van der Waals surface area contributed by atoms with Crippen molar-refractivity contribution in [1.82, 2.24) is 19.9 Å². The first-order valence-corrected chi connectivity index (χ1v) is 11.5. The fourth-order valence-corrected chi connectivity index (χ4v) is 4.82. The monoisotopic (exact) mass is 454 g/mol. The van der Waals surface area contributed by atoms with Crippen LogP contribution in [0.25, 0.3) is 0 Å². The molecule has 0 bridgehead atoms. The molecular formula is C23H30N6O4. The Hall–Kier alpha value is -3.14. The fraction of sp³-hybridized carbons (Fsp3) is 0.565. The lowest BCUT2D eigenvalue weighted by molar-refractivity contribution is -0.137. The molecule has 2 fully saturated rings. The maximum atomic E-state index is 12.9. The van der Waals surface area contributed by atoms with Gasteiger partial charge in [0.15, 0.2) is 0 Å². The van der Waals surface area contributed by atoms with E-state index in [0.29, 0.717) is 43.8 Å². The third-order valence-corrected chi connectivity index (χ3v) is 6.69. The number of anilines is 2. The van der Waals surface area contributed by atoms with Gasteiger partial charge in [0.05, 0.1) is 49.0 Å². The van der Waals surface area contributed by atoms with Gasteiger partial charge in [-0.1, -0.05) is 0 Å². The van der Waals surface area contributed by atoms with E-state index in [1.165, 1.54) is 0 Å². The molecule has 2 aromatic heterocycles. The smallest absolute Gasteiger partial charge is 0.236 e. The van der Waals surface area contributed by atoms with Gasteiger partial charge < -0.3 is 29.7 Å². The summed E-state index contributed by atoms with van der Waals surface area (Å²) in [5.41, 5.74) is 9.46. The van der Waals surface area contributed by atoms with E-state index in [1.807, 2.05) is 11.0 Å². The fourth-order valence-electron chi connectivity index (χ4n) is 4.82. The zero-order valence-electron chi connectivity index (χ0n) is 18.9. The van der Waals surface area contributed by atoms with Crippen LogP contribution in [0.4, 0.5) is 11.4 Å². The van der Waals surface area contributed by atoms with Crippen molar-refractivity contribution >= 4 is 17.3 Å². The van der Waals surface area contributed by atoms with E-state index < -0.39 is 0 Å². The molecule has 1 unspecified atom stereocenters. The number of amides is 1. The molecular weight excluding hydrogens is 424 g/mol. The van der Waals surface area contributed by atoms with Crippen molar-refractivity contribution in [2.24, 2.45) is 5.92 Å². The predicted octanol–water partition coefficient (Wildman–Crippen LogP) is 1.43. The van der Waals surface area contributed by atoms with E-state index in [2.05, 4.69) is 19.9 Å². The number of pyridine rings is 1. The Morgan fingerprint density at radius 2 is 2.00 bits per heavy atom.